The van der Waals surface area contributed by atoms with Crippen molar-refractivity contribution in [3.05, 3.63) is 18.2 Å². The first kappa shape index (κ1) is 11.7. The molecule has 1 aliphatic heterocycles. The molecule has 0 radical (unpaired) electrons. The highest BCUT2D eigenvalue weighted by Gasteiger charge is 2.51. The molecular formula is C13H19N3O2. The summed E-state index contributed by atoms with van der Waals surface area (Å²) in [6.45, 7) is 0.739. The molecule has 0 unspecified atom stereocenters. The van der Waals surface area contributed by atoms with Gasteiger partial charge in [-0.2, -0.15) is 0 Å². The molecule has 1 N–H and O–H groups in total. The fourth-order valence-electron chi connectivity index (χ4n) is 3.54. The second-order valence-electron chi connectivity index (χ2n) is 5.43. The van der Waals surface area contributed by atoms with E-state index in [-0.39, 0.29) is 17.6 Å². The third-order valence-corrected chi connectivity index (χ3v) is 4.49. The minimum atomic E-state index is -0.371. The number of aromatic nitrogens is 2. The van der Waals surface area contributed by atoms with Gasteiger partial charge in [-0.15, -0.1) is 0 Å². The van der Waals surface area contributed by atoms with E-state index in [2.05, 4.69) is 4.98 Å². The lowest BCUT2D eigenvalue weighted by atomic mass is 9.91. The van der Waals surface area contributed by atoms with Crippen LogP contribution < -0.4 is 0 Å². The van der Waals surface area contributed by atoms with Gasteiger partial charge >= 0.3 is 0 Å². The second kappa shape index (κ2) is 4.09. The number of aryl methyl sites for hydroxylation is 1. The van der Waals surface area contributed by atoms with E-state index < -0.39 is 0 Å². The van der Waals surface area contributed by atoms with Gasteiger partial charge in [-0.05, 0) is 32.1 Å². The van der Waals surface area contributed by atoms with Crippen molar-refractivity contribution in [2.24, 2.45) is 7.05 Å². The van der Waals surface area contributed by atoms with Gasteiger partial charge in [0.05, 0.1) is 11.6 Å². The van der Waals surface area contributed by atoms with Gasteiger partial charge in [0.2, 0.25) is 0 Å². The molecule has 0 aromatic carbocycles. The van der Waals surface area contributed by atoms with Crippen molar-refractivity contribution in [2.45, 2.75) is 43.7 Å². The van der Waals surface area contributed by atoms with Gasteiger partial charge in [-0.1, -0.05) is 0 Å². The van der Waals surface area contributed by atoms with Crippen LogP contribution >= 0.6 is 0 Å². The van der Waals surface area contributed by atoms with Gasteiger partial charge in [0.1, 0.15) is 0 Å². The quantitative estimate of drug-likeness (QED) is 0.806. The Morgan fingerprint density at radius 3 is 2.89 bits per heavy atom. The number of carbonyl (C=O) groups excluding carboxylic acids is 1. The van der Waals surface area contributed by atoms with Gasteiger partial charge in [-0.3, -0.25) is 4.79 Å². The first-order valence-electron chi connectivity index (χ1n) is 6.62. The number of amides is 1. The molecule has 98 valence electrons. The first-order valence-corrected chi connectivity index (χ1v) is 6.62. The zero-order chi connectivity index (χ0) is 12.8. The van der Waals surface area contributed by atoms with Crippen molar-refractivity contribution in [3.63, 3.8) is 0 Å². The van der Waals surface area contributed by atoms with E-state index in [9.17, 15) is 9.90 Å². The van der Waals surface area contributed by atoms with Gasteiger partial charge in [0.25, 0.3) is 5.91 Å². The van der Waals surface area contributed by atoms with Gasteiger partial charge < -0.3 is 14.6 Å². The van der Waals surface area contributed by atoms with Gasteiger partial charge in [-0.25, -0.2) is 4.98 Å². The van der Waals surface area contributed by atoms with Crippen LogP contribution in [-0.2, 0) is 7.05 Å². The largest absolute Gasteiger partial charge is 0.391 e. The van der Waals surface area contributed by atoms with Crippen LogP contribution in [0.3, 0.4) is 0 Å². The summed E-state index contributed by atoms with van der Waals surface area (Å²) < 4.78 is 1.75. The number of rotatable bonds is 1. The Labute approximate surface area is 106 Å². The number of imidazole rings is 1. The van der Waals surface area contributed by atoms with Gasteiger partial charge in [0, 0.05) is 26.0 Å². The molecule has 1 saturated heterocycles. The predicted molar refractivity (Wildman–Crippen MR) is 66.1 cm³/mol. The highest BCUT2D eigenvalue weighted by molar-refractivity contribution is 5.91. The second-order valence-corrected chi connectivity index (χ2v) is 5.43. The summed E-state index contributed by atoms with van der Waals surface area (Å²) in [7, 11) is 1.83. The molecule has 2 heterocycles. The van der Waals surface area contributed by atoms with E-state index in [1.54, 1.807) is 17.0 Å². The molecule has 5 heteroatoms. The maximum Gasteiger partial charge on any atom is 0.290 e. The van der Waals surface area contributed by atoms with E-state index in [0.29, 0.717) is 5.82 Å². The van der Waals surface area contributed by atoms with Crippen molar-refractivity contribution in [3.8, 4) is 0 Å². The first-order chi connectivity index (χ1) is 8.65. The van der Waals surface area contributed by atoms with E-state index >= 15 is 0 Å². The number of hydrogen-bond acceptors (Lipinski definition) is 3. The van der Waals surface area contributed by atoms with Crippen molar-refractivity contribution in [1.29, 1.82) is 0 Å². The highest BCUT2D eigenvalue weighted by atomic mass is 16.3. The Morgan fingerprint density at radius 2 is 2.28 bits per heavy atom. The smallest absolute Gasteiger partial charge is 0.290 e. The number of hydrogen-bond donors (Lipinski definition) is 1. The summed E-state index contributed by atoms with van der Waals surface area (Å²) >= 11 is 0. The lowest BCUT2D eigenvalue weighted by Crippen LogP contribution is -2.52. The number of aliphatic hydroxyl groups excluding tert-OH is 1. The van der Waals surface area contributed by atoms with Crippen LogP contribution in [0.1, 0.15) is 42.7 Å². The Kier molecular flexibility index (Phi) is 2.66. The topological polar surface area (TPSA) is 58.4 Å². The van der Waals surface area contributed by atoms with Crippen molar-refractivity contribution < 1.29 is 9.90 Å². The normalized spacial score (nSPS) is 31.4. The third-order valence-electron chi connectivity index (χ3n) is 4.49. The Bertz CT molecular complexity index is 467. The molecule has 0 bridgehead atoms. The van der Waals surface area contributed by atoms with Crippen LogP contribution in [0.5, 0.6) is 0 Å². The lowest BCUT2D eigenvalue weighted by Gasteiger charge is -2.37. The number of nitrogens with zero attached hydrogens (tertiary/aromatic N) is 3. The highest BCUT2D eigenvalue weighted by Crippen LogP contribution is 2.43. The van der Waals surface area contributed by atoms with Crippen molar-refractivity contribution in [2.75, 3.05) is 6.54 Å². The number of aliphatic hydroxyl groups is 1. The summed E-state index contributed by atoms with van der Waals surface area (Å²) in [6, 6.07) is 0. The molecule has 18 heavy (non-hydrogen) atoms. The maximum absolute atomic E-state index is 12.6. The zero-order valence-corrected chi connectivity index (χ0v) is 10.7. The Balaban J connectivity index is 1.92. The Morgan fingerprint density at radius 1 is 1.50 bits per heavy atom. The van der Waals surface area contributed by atoms with Crippen molar-refractivity contribution in [1.82, 2.24) is 14.5 Å². The lowest BCUT2D eigenvalue weighted by molar-refractivity contribution is 0.0141. The molecule has 3 rings (SSSR count). The zero-order valence-electron chi connectivity index (χ0n) is 10.7. The molecule has 1 spiro atoms. The minimum absolute atomic E-state index is 0.0408. The van der Waals surface area contributed by atoms with Crippen LogP contribution in [-0.4, -0.2) is 43.7 Å². The predicted octanol–water partition coefficient (Wildman–Crippen LogP) is 0.940. The third kappa shape index (κ3) is 1.50. The summed E-state index contributed by atoms with van der Waals surface area (Å²) in [6.07, 6.45) is 7.68. The molecule has 1 aliphatic carbocycles. The number of likely N-dealkylation sites (tertiary alicyclic amines) is 1. The molecule has 1 aromatic rings. The summed E-state index contributed by atoms with van der Waals surface area (Å²) in [5, 5.41) is 10.2. The molecule has 2 fully saturated rings. The van der Waals surface area contributed by atoms with E-state index in [1.165, 1.54) is 0 Å². The molecular weight excluding hydrogens is 230 g/mol. The average Bonchev–Trinajstić information content (AvgIpc) is 3.03. The van der Waals surface area contributed by atoms with Crippen LogP contribution in [0.15, 0.2) is 12.4 Å². The number of carbonyl (C=O) groups is 1. The van der Waals surface area contributed by atoms with Crippen LogP contribution in [0.2, 0.25) is 0 Å². The maximum atomic E-state index is 12.6. The summed E-state index contributed by atoms with van der Waals surface area (Å²) in [4.78, 5) is 18.6. The van der Waals surface area contributed by atoms with Gasteiger partial charge in [0.15, 0.2) is 5.82 Å². The van der Waals surface area contributed by atoms with E-state index in [0.717, 1.165) is 38.6 Å². The molecule has 5 nitrogen and oxygen atoms in total. The SMILES string of the molecule is Cn1ccnc1C(=O)N1CCC[C@@]12CCC[C@H]2O. The summed E-state index contributed by atoms with van der Waals surface area (Å²) in [5.74, 6) is 0.427. The average molecular weight is 249 g/mol. The van der Waals surface area contributed by atoms with Crippen LogP contribution in [0.25, 0.3) is 0 Å². The Hall–Kier alpha value is -1.36. The fourth-order valence-corrected chi connectivity index (χ4v) is 3.54. The molecule has 2 aliphatic rings. The van der Waals surface area contributed by atoms with Crippen LogP contribution in [0, 0.1) is 0 Å². The standard InChI is InChI=1S/C13H19N3O2/c1-15-9-7-14-11(15)12(18)16-8-3-6-13(16)5-2-4-10(13)17/h7,9-10,17H,2-6,8H2,1H3/t10-,13-/m1/s1. The molecule has 1 aromatic heterocycles. The monoisotopic (exact) mass is 249 g/mol. The minimum Gasteiger partial charge on any atom is -0.391 e. The van der Waals surface area contributed by atoms with E-state index in [4.69, 9.17) is 0 Å². The molecule has 1 saturated carbocycles. The van der Waals surface area contributed by atoms with Crippen molar-refractivity contribution >= 4 is 5.91 Å². The van der Waals surface area contributed by atoms with E-state index in [1.807, 2.05) is 11.9 Å². The van der Waals surface area contributed by atoms with Crippen LogP contribution in [0.4, 0.5) is 0 Å². The molecule has 1 amide bonds. The molecule has 2 atom stereocenters. The summed E-state index contributed by atoms with van der Waals surface area (Å²) in [5.41, 5.74) is -0.316. The fraction of sp³-hybridized carbons (Fsp3) is 0.692.